The Labute approximate surface area is 233 Å². The molecule has 1 aromatic carbocycles. The molecule has 0 atom stereocenters. The van der Waals surface area contributed by atoms with Gasteiger partial charge in [-0.1, -0.05) is 93.3 Å². The van der Waals surface area contributed by atoms with Crippen LogP contribution < -0.4 is 10.5 Å². The zero-order valence-electron chi connectivity index (χ0n) is 22.1. The van der Waals surface area contributed by atoms with Gasteiger partial charge >= 0.3 is 0 Å². The van der Waals surface area contributed by atoms with Crippen molar-refractivity contribution >= 4 is 51.7 Å². The molecule has 2 aliphatic heterocycles. The van der Waals surface area contributed by atoms with Gasteiger partial charge in [0, 0.05) is 25.8 Å². The molecule has 0 aliphatic carbocycles. The number of aromatic nitrogens is 2. The van der Waals surface area contributed by atoms with Gasteiger partial charge in [-0.15, -0.1) is 0 Å². The lowest BCUT2D eigenvalue weighted by atomic mass is 9.99. The number of thiocarbonyl (C=S) groups is 1. The first-order valence-corrected chi connectivity index (χ1v) is 14.8. The fourth-order valence-corrected chi connectivity index (χ4v) is 6.51. The summed E-state index contributed by atoms with van der Waals surface area (Å²) in [6.07, 6.45) is 11.3. The van der Waals surface area contributed by atoms with Crippen LogP contribution in [0.5, 0.6) is 0 Å². The van der Waals surface area contributed by atoms with E-state index in [4.69, 9.17) is 17.2 Å². The van der Waals surface area contributed by atoms with E-state index in [1.165, 1.54) is 48.6 Å². The van der Waals surface area contributed by atoms with Crippen molar-refractivity contribution in [3.8, 4) is 0 Å². The largest absolute Gasteiger partial charge is 0.351 e. The molecule has 0 radical (unpaired) electrons. The Morgan fingerprint density at radius 3 is 2.61 bits per heavy atom. The average molecular weight is 547 g/mol. The maximum atomic E-state index is 13.8. The standard InChI is InChI=1S/C30H34N4O2S2/c1-3-4-5-6-7-10-16-34-29(36)25(38-30(34)37)19-24-27(31-26-21(2)12-11-17-33(26)28(24)35)32-18-15-22-13-8-9-14-23(22)20-32/h8-9,11-14,17,19H,3-7,10,15-16,18,20H2,1-2H3/b25-19+. The molecule has 2 aromatic heterocycles. The number of aryl methyl sites for hydroxylation is 1. The van der Waals surface area contributed by atoms with Crippen molar-refractivity contribution in [1.82, 2.24) is 14.3 Å². The number of nitrogens with zero attached hydrogens (tertiary/aromatic N) is 4. The predicted molar refractivity (Wildman–Crippen MR) is 161 cm³/mol. The van der Waals surface area contributed by atoms with Crippen LogP contribution in [0.4, 0.5) is 5.82 Å². The van der Waals surface area contributed by atoms with E-state index < -0.39 is 0 Å². The molecule has 1 saturated heterocycles. The van der Waals surface area contributed by atoms with Gasteiger partial charge in [-0.25, -0.2) is 4.98 Å². The molecule has 5 rings (SSSR count). The van der Waals surface area contributed by atoms with Gasteiger partial charge < -0.3 is 4.90 Å². The van der Waals surface area contributed by atoms with E-state index in [1.54, 1.807) is 21.6 Å². The lowest BCUT2D eigenvalue weighted by Gasteiger charge is -2.31. The normalized spacial score (nSPS) is 16.6. The second kappa shape index (κ2) is 11.8. The van der Waals surface area contributed by atoms with Crippen molar-refractivity contribution in [2.75, 3.05) is 18.0 Å². The predicted octanol–water partition coefficient (Wildman–Crippen LogP) is 6.13. The minimum atomic E-state index is -0.172. The number of amides is 1. The van der Waals surface area contributed by atoms with Crippen LogP contribution in [0.25, 0.3) is 11.7 Å². The molecule has 3 aromatic rings. The Morgan fingerprint density at radius 2 is 1.79 bits per heavy atom. The summed E-state index contributed by atoms with van der Waals surface area (Å²) in [5.41, 5.74) is 4.40. The van der Waals surface area contributed by atoms with Gasteiger partial charge in [0.1, 0.15) is 15.8 Å². The summed E-state index contributed by atoms with van der Waals surface area (Å²) in [6, 6.07) is 12.2. The lowest BCUT2D eigenvalue weighted by Crippen LogP contribution is -2.34. The molecular weight excluding hydrogens is 512 g/mol. The highest BCUT2D eigenvalue weighted by atomic mass is 32.2. The maximum Gasteiger partial charge on any atom is 0.267 e. The van der Waals surface area contributed by atoms with Crippen LogP contribution in [0.15, 0.2) is 52.3 Å². The number of fused-ring (bicyclic) bond motifs is 2. The number of unbranched alkanes of at least 4 members (excludes halogenated alkanes) is 5. The van der Waals surface area contributed by atoms with Gasteiger partial charge in [0.2, 0.25) is 0 Å². The Kier molecular flexibility index (Phi) is 8.29. The van der Waals surface area contributed by atoms with E-state index in [9.17, 15) is 9.59 Å². The molecule has 1 amide bonds. The van der Waals surface area contributed by atoms with Gasteiger partial charge in [-0.3, -0.25) is 18.9 Å². The molecule has 8 heteroatoms. The van der Waals surface area contributed by atoms with Crippen LogP contribution in [0, 0.1) is 6.92 Å². The lowest BCUT2D eigenvalue weighted by molar-refractivity contribution is -0.122. The maximum absolute atomic E-state index is 13.8. The molecule has 0 N–H and O–H groups in total. The van der Waals surface area contributed by atoms with Crippen molar-refractivity contribution in [3.63, 3.8) is 0 Å². The number of thioether (sulfide) groups is 1. The fourth-order valence-electron chi connectivity index (χ4n) is 5.22. The van der Waals surface area contributed by atoms with Gasteiger partial charge in [-0.05, 0) is 48.6 Å². The summed E-state index contributed by atoms with van der Waals surface area (Å²) in [7, 11) is 0. The van der Waals surface area contributed by atoms with E-state index >= 15 is 0 Å². The zero-order valence-corrected chi connectivity index (χ0v) is 23.7. The van der Waals surface area contributed by atoms with Crippen molar-refractivity contribution in [1.29, 1.82) is 0 Å². The number of rotatable bonds is 9. The van der Waals surface area contributed by atoms with Crippen LogP contribution in [-0.4, -0.2) is 37.6 Å². The molecule has 198 valence electrons. The quantitative estimate of drug-likeness (QED) is 0.183. The third-order valence-electron chi connectivity index (χ3n) is 7.38. The summed E-state index contributed by atoms with van der Waals surface area (Å²) in [5, 5.41) is 0. The molecule has 1 fully saturated rings. The second-order valence-electron chi connectivity index (χ2n) is 10.1. The highest BCUT2D eigenvalue weighted by Gasteiger charge is 2.33. The van der Waals surface area contributed by atoms with Gasteiger partial charge in [-0.2, -0.15) is 0 Å². The Morgan fingerprint density at radius 1 is 1.03 bits per heavy atom. The summed E-state index contributed by atoms with van der Waals surface area (Å²) >= 11 is 6.86. The van der Waals surface area contributed by atoms with Crippen molar-refractivity contribution < 1.29 is 4.79 Å². The molecule has 4 heterocycles. The van der Waals surface area contributed by atoms with E-state index in [-0.39, 0.29) is 11.5 Å². The topological polar surface area (TPSA) is 57.9 Å². The first-order valence-electron chi connectivity index (χ1n) is 13.6. The first kappa shape index (κ1) is 26.6. The van der Waals surface area contributed by atoms with Crippen LogP contribution in [0.3, 0.4) is 0 Å². The third-order valence-corrected chi connectivity index (χ3v) is 8.76. The molecule has 0 bridgehead atoms. The van der Waals surface area contributed by atoms with Crippen molar-refractivity contribution in [3.05, 3.63) is 80.1 Å². The van der Waals surface area contributed by atoms with Crippen LogP contribution in [-0.2, 0) is 17.8 Å². The highest BCUT2D eigenvalue weighted by Crippen LogP contribution is 2.34. The molecule has 0 unspecified atom stereocenters. The molecule has 0 saturated carbocycles. The second-order valence-corrected chi connectivity index (χ2v) is 11.8. The SMILES string of the molecule is CCCCCCCCN1C(=O)/C(=C\c2c(N3CCc4ccccc4C3)nc3c(C)cccn3c2=O)SC1=S. The van der Waals surface area contributed by atoms with E-state index in [2.05, 4.69) is 30.0 Å². The van der Waals surface area contributed by atoms with E-state index in [0.29, 0.717) is 39.3 Å². The number of carbonyl (C=O) groups excluding carboxylic acids is 1. The van der Waals surface area contributed by atoms with Gasteiger partial charge in [0.25, 0.3) is 11.5 Å². The highest BCUT2D eigenvalue weighted by molar-refractivity contribution is 8.26. The Bertz CT molecular complexity index is 1460. The number of hydrogen-bond donors (Lipinski definition) is 0. The third kappa shape index (κ3) is 5.43. The number of anilines is 1. The van der Waals surface area contributed by atoms with Crippen molar-refractivity contribution in [2.24, 2.45) is 0 Å². The number of benzene rings is 1. The first-order chi connectivity index (χ1) is 18.5. The van der Waals surface area contributed by atoms with Crippen LogP contribution >= 0.6 is 24.0 Å². The van der Waals surface area contributed by atoms with E-state index in [0.717, 1.165) is 31.4 Å². The summed E-state index contributed by atoms with van der Waals surface area (Å²) < 4.78 is 2.15. The van der Waals surface area contributed by atoms with Crippen LogP contribution in [0.1, 0.15) is 67.7 Å². The van der Waals surface area contributed by atoms with Crippen LogP contribution in [0.2, 0.25) is 0 Å². The van der Waals surface area contributed by atoms with Gasteiger partial charge in [0.15, 0.2) is 0 Å². The Balaban J connectivity index is 1.47. The minimum Gasteiger partial charge on any atom is -0.351 e. The summed E-state index contributed by atoms with van der Waals surface area (Å²) in [6.45, 7) is 6.22. The number of hydrogen-bond acceptors (Lipinski definition) is 6. The molecular formula is C30H34N4O2S2. The molecule has 6 nitrogen and oxygen atoms in total. The summed E-state index contributed by atoms with van der Waals surface area (Å²) in [4.78, 5) is 36.6. The molecule has 38 heavy (non-hydrogen) atoms. The summed E-state index contributed by atoms with van der Waals surface area (Å²) in [5.74, 6) is 0.511. The van der Waals surface area contributed by atoms with Crippen molar-refractivity contribution in [2.45, 2.75) is 65.3 Å². The molecule has 0 spiro atoms. The smallest absolute Gasteiger partial charge is 0.267 e. The monoisotopic (exact) mass is 546 g/mol. The number of carbonyl (C=O) groups is 1. The zero-order chi connectivity index (χ0) is 26.6. The minimum absolute atomic E-state index is 0.114. The molecule has 2 aliphatic rings. The average Bonchev–Trinajstić information content (AvgIpc) is 3.19. The number of pyridine rings is 1. The Hall–Kier alpha value is -2.97. The fraction of sp³-hybridized carbons (Fsp3) is 0.400. The van der Waals surface area contributed by atoms with E-state index in [1.807, 2.05) is 25.1 Å². The van der Waals surface area contributed by atoms with Gasteiger partial charge in [0.05, 0.1) is 10.5 Å².